The number of aryl methyl sites for hydroxylation is 2. The van der Waals surface area contributed by atoms with Gasteiger partial charge in [0.1, 0.15) is 0 Å². The summed E-state index contributed by atoms with van der Waals surface area (Å²) >= 11 is 0. The first-order valence-electron chi connectivity index (χ1n) is 9.13. The van der Waals surface area contributed by atoms with Crippen LogP contribution in [-0.2, 0) is 6.42 Å². The Kier molecular flexibility index (Phi) is 4.33. The van der Waals surface area contributed by atoms with E-state index in [0.717, 1.165) is 30.5 Å². The van der Waals surface area contributed by atoms with Crippen molar-refractivity contribution in [2.75, 3.05) is 0 Å². The van der Waals surface area contributed by atoms with Gasteiger partial charge in [0.25, 0.3) is 5.91 Å². The minimum Gasteiger partial charge on any atom is -0.345 e. The van der Waals surface area contributed by atoms with Crippen molar-refractivity contribution in [2.45, 2.75) is 39.2 Å². The summed E-state index contributed by atoms with van der Waals surface area (Å²) in [6.07, 6.45) is 4.90. The normalized spacial score (nSPS) is 16.2. The van der Waals surface area contributed by atoms with E-state index in [-0.39, 0.29) is 11.9 Å². The number of rotatable bonds is 3. The van der Waals surface area contributed by atoms with Gasteiger partial charge in [-0.3, -0.25) is 4.79 Å². The Morgan fingerprint density at radius 1 is 1.12 bits per heavy atom. The molecule has 1 aliphatic carbocycles. The number of aromatic nitrogens is 2. The van der Waals surface area contributed by atoms with Gasteiger partial charge in [-0.2, -0.15) is 5.10 Å². The Bertz CT molecular complexity index is 923. The number of amides is 1. The summed E-state index contributed by atoms with van der Waals surface area (Å²) < 4.78 is 2.04. The van der Waals surface area contributed by atoms with Crippen LogP contribution in [0.2, 0.25) is 0 Å². The van der Waals surface area contributed by atoms with Crippen molar-refractivity contribution in [3.8, 4) is 5.69 Å². The Balaban J connectivity index is 1.64. The molecule has 4 rings (SSSR count). The van der Waals surface area contributed by atoms with Crippen LogP contribution in [0.15, 0.2) is 54.7 Å². The zero-order valence-electron chi connectivity index (χ0n) is 15.2. The van der Waals surface area contributed by atoms with Crippen LogP contribution in [-0.4, -0.2) is 15.7 Å². The smallest absolute Gasteiger partial charge is 0.251 e. The van der Waals surface area contributed by atoms with E-state index in [1.54, 1.807) is 0 Å². The first-order chi connectivity index (χ1) is 12.6. The van der Waals surface area contributed by atoms with E-state index in [4.69, 9.17) is 0 Å². The molecule has 0 saturated heterocycles. The molecule has 3 aromatic rings. The number of hydrogen-bond donors (Lipinski definition) is 1. The van der Waals surface area contributed by atoms with Gasteiger partial charge < -0.3 is 5.32 Å². The summed E-state index contributed by atoms with van der Waals surface area (Å²) in [6, 6.07) is 15.9. The minimum atomic E-state index is -0.0254. The molecule has 2 aromatic carbocycles. The van der Waals surface area contributed by atoms with Crippen molar-refractivity contribution in [3.05, 3.63) is 82.7 Å². The molecule has 0 aliphatic heterocycles. The van der Waals surface area contributed by atoms with Crippen molar-refractivity contribution in [1.82, 2.24) is 15.1 Å². The highest BCUT2D eigenvalue weighted by Gasteiger charge is 2.26. The Labute approximate surface area is 153 Å². The third-order valence-corrected chi connectivity index (χ3v) is 4.98. The first-order valence-corrected chi connectivity index (χ1v) is 9.13. The maximum atomic E-state index is 12.6. The molecule has 1 atom stereocenters. The Morgan fingerprint density at radius 2 is 1.85 bits per heavy atom. The Morgan fingerprint density at radius 3 is 2.58 bits per heavy atom. The van der Waals surface area contributed by atoms with Crippen molar-refractivity contribution in [1.29, 1.82) is 0 Å². The van der Waals surface area contributed by atoms with Crippen LogP contribution in [0.5, 0.6) is 0 Å². The number of hydrogen-bond acceptors (Lipinski definition) is 2. The largest absolute Gasteiger partial charge is 0.345 e. The lowest BCUT2D eigenvalue weighted by molar-refractivity contribution is 0.0932. The van der Waals surface area contributed by atoms with Gasteiger partial charge in [-0.25, -0.2) is 4.68 Å². The molecule has 0 radical (unpaired) electrons. The van der Waals surface area contributed by atoms with E-state index in [0.29, 0.717) is 5.56 Å². The maximum absolute atomic E-state index is 12.6. The summed E-state index contributed by atoms with van der Waals surface area (Å²) in [5.74, 6) is -0.0254. The van der Waals surface area contributed by atoms with Gasteiger partial charge in [0.2, 0.25) is 0 Å². The van der Waals surface area contributed by atoms with E-state index in [2.05, 4.69) is 42.5 Å². The van der Waals surface area contributed by atoms with Crippen molar-refractivity contribution in [2.24, 2.45) is 0 Å². The van der Waals surface area contributed by atoms with Crippen molar-refractivity contribution in [3.63, 3.8) is 0 Å². The van der Waals surface area contributed by atoms with E-state index >= 15 is 0 Å². The summed E-state index contributed by atoms with van der Waals surface area (Å²) in [5.41, 5.74) is 6.60. The summed E-state index contributed by atoms with van der Waals surface area (Å²) in [6.45, 7) is 4.21. The van der Waals surface area contributed by atoms with E-state index < -0.39 is 0 Å². The average molecular weight is 345 g/mol. The molecular weight excluding hydrogens is 322 g/mol. The highest BCUT2D eigenvalue weighted by molar-refractivity contribution is 5.94. The lowest BCUT2D eigenvalue weighted by Crippen LogP contribution is -2.30. The summed E-state index contributed by atoms with van der Waals surface area (Å²) in [7, 11) is 0. The number of carbonyl (C=O) groups is 1. The molecule has 1 amide bonds. The molecule has 0 unspecified atom stereocenters. The monoisotopic (exact) mass is 345 g/mol. The van der Waals surface area contributed by atoms with E-state index in [1.807, 2.05) is 41.2 Å². The fourth-order valence-electron chi connectivity index (χ4n) is 3.83. The van der Waals surface area contributed by atoms with Crippen molar-refractivity contribution >= 4 is 5.91 Å². The third kappa shape index (κ3) is 3.15. The minimum absolute atomic E-state index is 0.0195. The van der Waals surface area contributed by atoms with Crippen LogP contribution in [0.25, 0.3) is 5.69 Å². The molecule has 4 nitrogen and oxygen atoms in total. The van der Waals surface area contributed by atoms with Crippen LogP contribution >= 0.6 is 0 Å². The molecule has 0 saturated carbocycles. The molecule has 26 heavy (non-hydrogen) atoms. The van der Waals surface area contributed by atoms with Gasteiger partial charge in [-0.15, -0.1) is 0 Å². The summed E-state index contributed by atoms with van der Waals surface area (Å²) in [4.78, 5) is 12.6. The standard InChI is InChI=1S/C22H23N3O/c1-15-11-16(2)13-18(12-15)25-21-10-6-9-20(19(21)14-23-25)24-22(26)17-7-4-3-5-8-17/h3-5,7-8,11-14,20H,6,9-10H2,1-2H3,(H,24,26)/t20-/m0/s1. The molecule has 0 spiro atoms. The maximum Gasteiger partial charge on any atom is 0.251 e. The van der Waals surface area contributed by atoms with Gasteiger partial charge in [-0.1, -0.05) is 24.3 Å². The number of benzene rings is 2. The molecular formula is C22H23N3O. The zero-order chi connectivity index (χ0) is 18.1. The fourth-order valence-corrected chi connectivity index (χ4v) is 3.83. The van der Waals surface area contributed by atoms with Gasteiger partial charge in [-0.05, 0) is 68.5 Å². The van der Waals surface area contributed by atoms with E-state index in [1.165, 1.54) is 16.8 Å². The zero-order valence-corrected chi connectivity index (χ0v) is 15.2. The quantitative estimate of drug-likeness (QED) is 0.769. The highest BCUT2D eigenvalue weighted by Crippen LogP contribution is 2.31. The van der Waals surface area contributed by atoms with Gasteiger partial charge in [0.15, 0.2) is 0 Å². The van der Waals surface area contributed by atoms with Crippen LogP contribution in [0.1, 0.15) is 51.6 Å². The number of nitrogens with one attached hydrogen (secondary N) is 1. The molecule has 132 valence electrons. The highest BCUT2D eigenvalue weighted by atomic mass is 16.1. The Hall–Kier alpha value is -2.88. The third-order valence-electron chi connectivity index (χ3n) is 4.98. The second kappa shape index (κ2) is 6.79. The predicted octanol–water partition coefficient (Wildman–Crippen LogP) is 4.30. The van der Waals surface area contributed by atoms with Crippen LogP contribution in [0, 0.1) is 13.8 Å². The lowest BCUT2D eigenvalue weighted by Gasteiger charge is -2.24. The van der Waals surface area contributed by atoms with Crippen LogP contribution < -0.4 is 5.32 Å². The number of carbonyl (C=O) groups excluding carboxylic acids is 1. The predicted molar refractivity (Wildman–Crippen MR) is 103 cm³/mol. The fraction of sp³-hybridized carbons (Fsp3) is 0.273. The second-order valence-electron chi connectivity index (χ2n) is 7.09. The number of nitrogens with zero attached hydrogens (tertiary/aromatic N) is 2. The average Bonchev–Trinajstić information content (AvgIpc) is 3.07. The first kappa shape index (κ1) is 16.6. The molecule has 1 N–H and O–H groups in total. The second-order valence-corrected chi connectivity index (χ2v) is 7.09. The molecule has 1 heterocycles. The molecule has 1 aromatic heterocycles. The van der Waals surface area contributed by atoms with Crippen LogP contribution in [0.4, 0.5) is 0 Å². The van der Waals surface area contributed by atoms with Gasteiger partial charge >= 0.3 is 0 Å². The molecule has 0 fully saturated rings. The van der Waals surface area contributed by atoms with Gasteiger partial charge in [0, 0.05) is 16.8 Å². The van der Waals surface area contributed by atoms with Crippen LogP contribution in [0.3, 0.4) is 0 Å². The lowest BCUT2D eigenvalue weighted by atomic mass is 9.92. The SMILES string of the molecule is Cc1cc(C)cc(-n2ncc3c2CCC[C@@H]3NC(=O)c2ccccc2)c1. The molecule has 0 bridgehead atoms. The van der Waals surface area contributed by atoms with Gasteiger partial charge in [0.05, 0.1) is 17.9 Å². The van der Waals surface area contributed by atoms with Crippen molar-refractivity contribution < 1.29 is 4.79 Å². The topological polar surface area (TPSA) is 46.9 Å². The summed E-state index contributed by atoms with van der Waals surface area (Å²) in [5, 5.41) is 7.83. The molecule has 1 aliphatic rings. The van der Waals surface area contributed by atoms with E-state index in [9.17, 15) is 4.79 Å². The molecule has 4 heteroatoms. The number of fused-ring (bicyclic) bond motifs is 1.